The highest BCUT2D eigenvalue weighted by atomic mass is 16.6. The number of imidazole rings is 1. The number of rotatable bonds is 6. The van der Waals surface area contributed by atoms with Crippen molar-refractivity contribution in [3.05, 3.63) is 88.6 Å². The molecule has 0 aliphatic rings. The molecule has 1 N–H and O–H groups in total. The van der Waals surface area contributed by atoms with Crippen LogP contribution < -0.4 is 10.1 Å². The summed E-state index contributed by atoms with van der Waals surface area (Å²) in [4.78, 5) is 28.4. The van der Waals surface area contributed by atoms with E-state index in [9.17, 15) is 14.9 Å². The Morgan fingerprint density at radius 1 is 1.13 bits per heavy atom. The number of amides is 1. The van der Waals surface area contributed by atoms with Crippen LogP contribution in [0.4, 0.5) is 11.5 Å². The van der Waals surface area contributed by atoms with Crippen LogP contribution in [0.15, 0.2) is 72.9 Å². The standard InChI is InChI=1S/C22H18N4O4/c1-2-30-18-12-11-16(14-17(18)26(28)29)22(27)24-21-20(15-8-4-3-5-9-15)23-19-10-6-7-13-25(19)21/h3-14H,2H2,1H3,(H,24,27). The maximum Gasteiger partial charge on any atom is 0.311 e. The molecule has 0 radical (unpaired) electrons. The van der Waals surface area contributed by atoms with Crippen LogP contribution in [-0.4, -0.2) is 26.8 Å². The molecular formula is C22H18N4O4. The number of fused-ring (bicyclic) bond motifs is 1. The Kier molecular flexibility index (Phi) is 5.13. The van der Waals surface area contributed by atoms with E-state index in [-0.39, 0.29) is 23.6 Å². The number of hydrogen-bond donors (Lipinski definition) is 1. The summed E-state index contributed by atoms with van der Waals surface area (Å²) >= 11 is 0. The molecule has 4 rings (SSSR count). The average Bonchev–Trinajstić information content (AvgIpc) is 3.13. The lowest BCUT2D eigenvalue weighted by molar-refractivity contribution is -0.385. The van der Waals surface area contributed by atoms with E-state index >= 15 is 0 Å². The Morgan fingerprint density at radius 3 is 2.63 bits per heavy atom. The summed E-state index contributed by atoms with van der Waals surface area (Å²) in [6, 6.07) is 19.2. The van der Waals surface area contributed by atoms with Gasteiger partial charge in [0.25, 0.3) is 5.91 Å². The molecule has 0 atom stereocenters. The number of carbonyl (C=O) groups is 1. The number of nitrogens with one attached hydrogen (secondary N) is 1. The summed E-state index contributed by atoms with van der Waals surface area (Å²) < 4.78 is 7.05. The van der Waals surface area contributed by atoms with Crippen LogP contribution in [0, 0.1) is 10.1 Å². The molecular weight excluding hydrogens is 384 g/mol. The molecule has 2 aromatic heterocycles. The fourth-order valence-electron chi connectivity index (χ4n) is 3.17. The van der Waals surface area contributed by atoms with E-state index in [2.05, 4.69) is 10.3 Å². The summed E-state index contributed by atoms with van der Waals surface area (Å²) in [5.41, 5.74) is 2.01. The third-order valence-corrected chi connectivity index (χ3v) is 4.53. The molecule has 0 bridgehead atoms. The van der Waals surface area contributed by atoms with Gasteiger partial charge in [0.2, 0.25) is 0 Å². The highest BCUT2D eigenvalue weighted by Gasteiger charge is 2.21. The first kappa shape index (κ1) is 19.1. The SMILES string of the molecule is CCOc1ccc(C(=O)Nc2c(-c3ccccc3)nc3ccccn23)cc1[N+](=O)[O-]. The Labute approximate surface area is 171 Å². The predicted octanol–water partition coefficient (Wildman–Crippen LogP) is 4.56. The summed E-state index contributed by atoms with van der Waals surface area (Å²) in [6.45, 7) is 2.02. The van der Waals surface area contributed by atoms with Crippen molar-refractivity contribution in [3.8, 4) is 17.0 Å². The monoisotopic (exact) mass is 402 g/mol. The van der Waals surface area contributed by atoms with E-state index in [0.717, 1.165) is 5.56 Å². The van der Waals surface area contributed by atoms with Crippen molar-refractivity contribution in [1.82, 2.24) is 9.38 Å². The van der Waals surface area contributed by atoms with E-state index in [0.29, 0.717) is 17.2 Å². The number of ether oxygens (including phenoxy) is 1. The zero-order valence-electron chi connectivity index (χ0n) is 16.1. The lowest BCUT2D eigenvalue weighted by Gasteiger charge is -2.09. The van der Waals surface area contributed by atoms with Crippen LogP contribution in [0.2, 0.25) is 0 Å². The first-order chi connectivity index (χ1) is 14.6. The number of anilines is 1. The number of pyridine rings is 1. The van der Waals surface area contributed by atoms with Crippen molar-refractivity contribution in [3.63, 3.8) is 0 Å². The number of nitrogens with zero attached hydrogens (tertiary/aromatic N) is 3. The third-order valence-electron chi connectivity index (χ3n) is 4.53. The van der Waals surface area contributed by atoms with Crippen molar-refractivity contribution in [2.24, 2.45) is 0 Å². The van der Waals surface area contributed by atoms with Gasteiger partial charge in [-0.2, -0.15) is 0 Å². The number of hydrogen-bond acceptors (Lipinski definition) is 5. The molecule has 0 unspecified atom stereocenters. The van der Waals surface area contributed by atoms with Gasteiger partial charge in [-0.3, -0.25) is 19.3 Å². The van der Waals surface area contributed by atoms with Gasteiger partial charge in [-0.05, 0) is 31.2 Å². The predicted molar refractivity (Wildman–Crippen MR) is 113 cm³/mol. The second-order valence-electron chi connectivity index (χ2n) is 6.43. The Balaban J connectivity index is 1.75. The largest absolute Gasteiger partial charge is 0.487 e. The second kappa shape index (κ2) is 8.04. The van der Waals surface area contributed by atoms with Crippen LogP contribution >= 0.6 is 0 Å². The molecule has 2 aromatic carbocycles. The summed E-state index contributed by atoms with van der Waals surface area (Å²) in [5.74, 6) is 0.126. The Morgan fingerprint density at radius 2 is 1.90 bits per heavy atom. The first-order valence-electron chi connectivity index (χ1n) is 9.33. The Bertz CT molecular complexity index is 1230. The lowest BCUT2D eigenvalue weighted by atomic mass is 10.1. The maximum atomic E-state index is 13.0. The van der Waals surface area contributed by atoms with Crippen molar-refractivity contribution in [1.29, 1.82) is 0 Å². The minimum atomic E-state index is -0.564. The van der Waals surface area contributed by atoms with Gasteiger partial charge < -0.3 is 10.1 Å². The minimum Gasteiger partial charge on any atom is -0.487 e. The van der Waals surface area contributed by atoms with Gasteiger partial charge in [-0.15, -0.1) is 0 Å². The van der Waals surface area contributed by atoms with Crippen LogP contribution in [0.25, 0.3) is 16.9 Å². The van der Waals surface area contributed by atoms with E-state index in [4.69, 9.17) is 4.74 Å². The van der Waals surface area contributed by atoms with Crippen LogP contribution in [-0.2, 0) is 0 Å². The molecule has 0 spiro atoms. The first-order valence-corrected chi connectivity index (χ1v) is 9.33. The van der Waals surface area contributed by atoms with Crippen molar-refractivity contribution >= 4 is 23.1 Å². The summed E-state index contributed by atoms with van der Waals surface area (Å²) in [7, 11) is 0. The summed E-state index contributed by atoms with van der Waals surface area (Å²) in [5, 5.41) is 14.2. The van der Waals surface area contributed by atoms with Gasteiger partial charge in [-0.25, -0.2) is 4.98 Å². The van der Waals surface area contributed by atoms with Crippen LogP contribution in [0.3, 0.4) is 0 Å². The molecule has 30 heavy (non-hydrogen) atoms. The lowest BCUT2D eigenvalue weighted by Crippen LogP contribution is -2.14. The van der Waals surface area contributed by atoms with Crippen molar-refractivity contribution in [2.75, 3.05) is 11.9 Å². The minimum absolute atomic E-state index is 0.124. The fourth-order valence-corrected chi connectivity index (χ4v) is 3.17. The van der Waals surface area contributed by atoms with Gasteiger partial charge in [0.15, 0.2) is 5.75 Å². The molecule has 1 amide bonds. The molecule has 0 aliphatic heterocycles. The third kappa shape index (κ3) is 3.58. The molecule has 0 fully saturated rings. The molecule has 0 saturated carbocycles. The molecule has 2 heterocycles. The molecule has 0 aliphatic carbocycles. The van der Waals surface area contributed by atoms with Crippen molar-refractivity contribution in [2.45, 2.75) is 6.92 Å². The van der Waals surface area contributed by atoms with Crippen LogP contribution in [0.5, 0.6) is 5.75 Å². The Hall–Kier alpha value is -4.20. The molecule has 0 saturated heterocycles. The maximum absolute atomic E-state index is 13.0. The molecule has 8 heteroatoms. The zero-order valence-corrected chi connectivity index (χ0v) is 16.1. The average molecular weight is 402 g/mol. The number of benzene rings is 2. The number of carbonyl (C=O) groups excluding carboxylic acids is 1. The highest BCUT2D eigenvalue weighted by Crippen LogP contribution is 2.31. The number of aromatic nitrogens is 2. The van der Waals surface area contributed by atoms with Gasteiger partial charge >= 0.3 is 5.69 Å². The van der Waals surface area contributed by atoms with Gasteiger partial charge in [0.1, 0.15) is 17.2 Å². The summed E-state index contributed by atoms with van der Waals surface area (Å²) in [6.07, 6.45) is 1.80. The fraction of sp³-hybridized carbons (Fsp3) is 0.0909. The number of nitro benzene ring substituents is 1. The highest BCUT2D eigenvalue weighted by molar-refractivity contribution is 6.06. The molecule has 150 valence electrons. The molecule has 4 aromatic rings. The quantitative estimate of drug-likeness (QED) is 0.376. The van der Waals surface area contributed by atoms with Crippen molar-refractivity contribution < 1.29 is 14.5 Å². The normalized spacial score (nSPS) is 10.7. The topological polar surface area (TPSA) is 98.8 Å². The van der Waals surface area contributed by atoms with E-state index in [1.54, 1.807) is 17.5 Å². The van der Waals surface area contributed by atoms with Gasteiger partial charge in [-0.1, -0.05) is 36.4 Å². The molecule has 8 nitrogen and oxygen atoms in total. The second-order valence-corrected chi connectivity index (χ2v) is 6.43. The van der Waals surface area contributed by atoms with E-state index < -0.39 is 10.8 Å². The van der Waals surface area contributed by atoms with Gasteiger partial charge in [0, 0.05) is 23.4 Å². The van der Waals surface area contributed by atoms with Gasteiger partial charge in [0.05, 0.1) is 11.5 Å². The van der Waals surface area contributed by atoms with Crippen LogP contribution in [0.1, 0.15) is 17.3 Å². The smallest absolute Gasteiger partial charge is 0.311 e. The number of nitro groups is 1. The van der Waals surface area contributed by atoms with E-state index in [1.165, 1.54) is 18.2 Å². The zero-order chi connectivity index (χ0) is 21.1. The van der Waals surface area contributed by atoms with E-state index in [1.807, 2.05) is 48.5 Å².